The Balaban J connectivity index is 2.63. The number of allylic oxidation sites excluding steroid dienone is 2. The Bertz CT molecular complexity index is 218. The number of esters is 1. The highest BCUT2D eigenvalue weighted by atomic mass is 127. The summed E-state index contributed by atoms with van der Waals surface area (Å²) in [5.74, 6) is -0.246. The number of ether oxygens (including phenoxy) is 1. The van der Waals surface area contributed by atoms with Gasteiger partial charge in [0.2, 0.25) is 0 Å². The molecule has 1 atom stereocenters. The Labute approximate surface area is 79.4 Å². The van der Waals surface area contributed by atoms with E-state index in [-0.39, 0.29) is 5.97 Å². The maximum absolute atomic E-state index is 10.9. The van der Waals surface area contributed by atoms with Gasteiger partial charge in [0.1, 0.15) is 0 Å². The van der Waals surface area contributed by atoms with Gasteiger partial charge < -0.3 is 4.74 Å². The highest BCUT2D eigenvalue weighted by Gasteiger charge is 2.10. The minimum atomic E-state index is -0.246. The minimum absolute atomic E-state index is 0.246. The van der Waals surface area contributed by atoms with Gasteiger partial charge >= 0.3 is 5.97 Å². The summed E-state index contributed by atoms with van der Waals surface area (Å²) < 4.78 is 5.08. The number of halogens is 1. The number of rotatable bonds is 1. The van der Waals surface area contributed by atoms with Crippen LogP contribution in [-0.4, -0.2) is 17.0 Å². The first-order chi connectivity index (χ1) is 5.24. The van der Waals surface area contributed by atoms with Gasteiger partial charge in [0.25, 0.3) is 0 Å². The van der Waals surface area contributed by atoms with Gasteiger partial charge in [-0.25, -0.2) is 4.79 Å². The van der Waals surface area contributed by atoms with Crippen molar-refractivity contribution in [2.75, 3.05) is 7.11 Å². The van der Waals surface area contributed by atoms with Gasteiger partial charge in [0.05, 0.1) is 12.7 Å². The minimum Gasteiger partial charge on any atom is -0.465 e. The molecule has 0 bridgehead atoms. The number of carbonyl (C=O) groups is 1. The van der Waals surface area contributed by atoms with Crippen LogP contribution in [0.1, 0.15) is 6.42 Å². The summed E-state index contributed by atoms with van der Waals surface area (Å²) in [5.41, 5.74) is 0.667. The molecule has 0 radical (unpaired) electrons. The molecule has 0 aromatic carbocycles. The van der Waals surface area contributed by atoms with Crippen molar-refractivity contribution in [1.29, 1.82) is 0 Å². The quantitative estimate of drug-likeness (QED) is 0.410. The zero-order chi connectivity index (χ0) is 8.27. The van der Waals surface area contributed by atoms with E-state index in [2.05, 4.69) is 27.3 Å². The lowest BCUT2D eigenvalue weighted by Crippen LogP contribution is -2.07. The first-order valence-corrected chi connectivity index (χ1v) is 4.59. The molecule has 0 saturated carbocycles. The molecule has 11 heavy (non-hydrogen) atoms. The predicted octanol–water partition coefficient (Wildman–Crippen LogP) is 1.85. The molecule has 1 unspecified atom stereocenters. The molecule has 0 aliphatic heterocycles. The largest absolute Gasteiger partial charge is 0.465 e. The first-order valence-electron chi connectivity index (χ1n) is 3.35. The van der Waals surface area contributed by atoms with Crippen LogP contribution in [-0.2, 0) is 9.53 Å². The molecular formula is C8H9IO2. The molecule has 0 fully saturated rings. The fourth-order valence-electron chi connectivity index (χ4n) is 0.863. The maximum atomic E-state index is 10.9. The highest BCUT2D eigenvalue weighted by molar-refractivity contribution is 14.1. The SMILES string of the molecule is COC(=O)C1=CCC(I)C=C1. The number of alkyl halides is 1. The van der Waals surface area contributed by atoms with Gasteiger partial charge in [0, 0.05) is 3.92 Å². The molecule has 60 valence electrons. The Morgan fingerprint density at radius 2 is 2.55 bits per heavy atom. The van der Waals surface area contributed by atoms with Crippen LogP contribution in [0, 0.1) is 0 Å². The van der Waals surface area contributed by atoms with Crippen LogP contribution in [0.15, 0.2) is 23.8 Å². The van der Waals surface area contributed by atoms with Crippen molar-refractivity contribution in [2.45, 2.75) is 10.3 Å². The van der Waals surface area contributed by atoms with Crippen molar-refractivity contribution >= 4 is 28.6 Å². The molecule has 0 saturated heterocycles. The molecule has 0 N–H and O–H groups in total. The monoisotopic (exact) mass is 264 g/mol. The molecule has 0 aromatic heterocycles. The van der Waals surface area contributed by atoms with Crippen LogP contribution in [0.3, 0.4) is 0 Å². The normalized spacial score (nSPS) is 22.7. The van der Waals surface area contributed by atoms with E-state index < -0.39 is 0 Å². The zero-order valence-corrected chi connectivity index (χ0v) is 8.37. The number of carbonyl (C=O) groups excluding carboxylic acids is 1. The van der Waals surface area contributed by atoms with E-state index in [9.17, 15) is 4.79 Å². The lowest BCUT2D eigenvalue weighted by Gasteiger charge is -2.07. The van der Waals surface area contributed by atoms with E-state index >= 15 is 0 Å². The first kappa shape index (κ1) is 8.77. The van der Waals surface area contributed by atoms with Crippen LogP contribution in [0.5, 0.6) is 0 Å². The van der Waals surface area contributed by atoms with E-state index in [4.69, 9.17) is 0 Å². The summed E-state index contributed by atoms with van der Waals surface area (Å²) in [6.07, 6.45) is 6.64. The predicted molar refractivity (Wildman–Crippen MR) is 51.7 cm³/mol. The third-order valence-electron chi connectivity index (χ3n) is 1.47. The number of methoxy groups -OCH3 is 1. The Hall–Kier alpha value is -0.320. The molecule has 3 heteroatoms. The number of hydrogen-bond acceptors (Lipinski definition) is 2. The van der Waals surface area contributed by atoms with Crippen LogP contribution < -0.4 is 0 Å². The van der Waals surface area contributed by atoms with Gasteiger partial charge in [-0.1, -0.05) is 40.8 Å². The summed E-state index contributed by atoms with van der Waals surface area (Å²) in [4.78, 5) is 10.9. The van der Waals surface area contributed by atoms with Crippen LogP contribution in [0.4, 0.5) is 0 Å². The van der Waals surface area contributed by atoms with Gasteiger partial charge in [-0.15, -0.1) is 0 Å². The van der Waals surface area contributed by atoms with Crippen LogP contribution in [0.25, 0.3) is 0 Å². The van der Waals surface area contributed by atoms with E-state index in [0.29, 0.717) is 9.50 Å². The standard InChI is InChI=1S/C8H9IO2/c1-11-8(10)6-2-4-7(9)5-3-6/h2-4,7H,5H2,1H3. The summed E-state index contributed by atoms with van der Waals surface area (Å²) in [5, 5.41) is 0. The average Bonchev–Trinajstić information content (AvgIpc) is 2.05. The second-order valence-corrected chi connectivity index (χ2v) is 3.86. The molecule has 1 rings (SSSR count). The Morgan fingerprint density at radius 3 is 3.00 bits per heavy atom. The molecule has 0 spiro atoms. The van der Waals surface area contributed by atoms with Crippen molar-refractivity contribution in [3.8, 4) is 0 Å². The van der Waals surface area contributed by atoms with Crippen molar-refractivity contribution in [3.05, 3.63) is 23.8 Å². The molecule has 0 amide bonds. The van der Waals surface area contributed by atoms with Crippen molar-refractivity contribution < 1.29 is 9.53 Å². The lowest BCUT2D eigenvalue weighted by atomic mass is 10.1. The van der Waals surface area contributed by atoms with E-state index in [1.54, 1.807) is 0 Å². The van der Waals surface area contributed by atoms with Crippen LogP contribution in [0.2, 0.25) is 0 Å². The van der Waals surface area contributed by atoms with Crippen molar-refractivity contribution in [3.63, 3.8) is 0 Å². The highest BCUT2D eigenvalue weighted by Crippen LogP contribution is 2.17. The third kappa shape index (κ3) is 2.32. The summed E-state index contributed by atoms with van der Waals surface area (Å²) in [6, 6.07) is 0. The Kier molecular flexibility index (Phi) is 3.11. The molecular weight excluding hydrogens is 255 g/mol. The van der Waals surface area contributed by atoms with E-state index in [1.165, 1.54) is 7.11 Å². The molecule has 1 aliphatic rings. The third-order valence-corrected chi connectivity index (χ3v) is 2.39. The fourth-order valence-corrected chi connectivity index (χ4v) is 1.33. The molecule has 1 aliphatic carbocycles. The zero-order valence-electron chi connectivity index (χ0n) is 6.21. The molecule has 2 nitrogen and oxygen atoms in total. The molecule has 0 aromatic rings. The smallest absolute Gasteiger partial charge is 0.337 e. The average molecular weight is 264 g/mol. The van der Waals surface area contributed by atoms with Crippen LogP contribution >= 0.6 is 22.6 Å². The van der Waals surface area contributed by atoms with Gasteiger partial charge in [-0.2, -0.15) is 0 Å². The molecule has 0 heterocycles. The van der Waals surface area contributed by atoms with Gasteiger partial charge in [-0.3, -0.25) is 0 Å². The van der Waals surface area contributed by atoms with Crippen molar-refractivity contribution in [1.82, 2.24) is 0 Å². The van der Waals surface area contributed by atoms with Crippen molar-refractivity contribution in [2.24, 2.45) is 0 Å². The second-order valence-electron chi connectivity index (χ2n) is 2.26. The summed E-state index contributed by atoms with van der Waals surface area (Å²) in [7, 11) is 1.40. The number of hydrogen-bond donors (Lipinski definition) is 0. The summed E-state index contributed by atoms with van der Waals surface area (Å²) in [6.45, 7) is 0. The van der Waals surface area contributed by atoms with E-state index in [1.807, 2.05) is 18.2 Å². The second kappa shape index (κ2) is 3.90. The topological polar surface area (TPSA) is 26.3 Å². The fraction of sp³-hybridized carbons (Fsp3) is 0.375. The maximum Gasteiger partial charge on any atom is 0.337 e. The van der Waals surface area contributed by atoms with Gasteiger partial charge in [-0.05, 0) is 6.42 Å². The lowest BCUT2D eigenvalue weighted by molar-refractivity contribution is -0.135. The summed E-state index contributed by atoms with van der Waals surface area (Å²) >= 11 is 2.32. The Morgan fingerprint density at radius 1 is 1.82 bits per heavy atom. The van der Waals surface area contributed by atoms with E-state index in [0.717, 1.165) is 6.42 Å². The van der Waals surface area contributed by atoms with Gasteiger partial charge in [0.15, 0.2) is 0 Å².